The number of carboxylic acids is 1. The number of rotatable bonds is 29. The van der Waals surface area contributed by atoms with Gasteiger partial charge >= 0.3 is 5.97 Å². The summed E-state index contributed by atoms with van der Waals surface area (Å²) in [4.78, 5) is 66.3. The molecule has 9 N–H and O–H groups in total. The maximum Gasteiger partial charge on any atom is 0.305 e. The zero-order valence-electron chi connectivity index (χ0n) is 38.9. The molecule has 4 rings (SSSR count). The summed E-state index contributed by atoms with van der Waals surface area (Å²) >= 11 is 1.01. The fraction of sp³-hybridized carbons (Fsp3) is 0.614. The van der Waals surface area contributed by atoms with Crippen molar-refractivity contribution < 1.29 is 48.4 Å². The predicted molar refractivity (Wildman–Crippen MR) is 255 cm³/mol. The molecule has 0 bridgehead atoms. The number of anilines is 2. The second-order valence-corrected chi connectivity index (χ2v) is 16.0. The fourth-order valence-electron chi connectivity index (χ4n) is 6.08. The van der Waals surface area contributed by atoms with Crippen molar-refractivity contribution in [1.82, 2.24) is 35.0 Å². The van der Waals surface area contributed by atoms with Gasteiger partial charge in [-0.15, -0.1) is 11.8 Å². The molecule has 0 saturated carbocycles. The molecule has 1 saturated heterocycles. The second kappa shape index (κ2) is 36.5. The number of aliphatic hydroxyl groups is 1. The highest BCUT2D eigenvalue weighted by molar-refractivity contribution is 8.00. The van der Waals surface area contributed by atoms with Crippen LogP contribution in [0.3, 0.4) is 0 Å². The quantitative estimate of drug-likeness (QED) is 0.0385. The number of aldehydes is 3. The van der Waals surface area contributed by atoms with Gasteiger partial charge in [-0.1, -0.05) is 31.9 Å². The maximum atomic E-state index is 11.6. The minimum atomic E-state index is -1.11. The summed E-state index contributed by atoms with van der Waals surface area (Å²) in [6.07, 6.45) is 7.85. The maximum absolute atomic E-state index is 11.6. The van der Waals surface area contributed by atoms with Gasteiger partial charge in [0, 0.05) is 89.8 Å². The molecule has 1 amide bonds. The zero-order valence-corrected chi connectivity index (χ0v) is 39.7. The molecular formula is C44H74N10O10S. The van der Waals surface area contributed by atoms with Crippen LogP contribution in [0.2, 0.25) is 0 Å². The summed E-state index contributed by atoms with van der Waals surface area (Å²) in [7, 11) is 6.81. The number of benzene rings is 1. The highest BCUT2D eigenvalue weighted by atomic mass is 32.2. The molecule has 1 aliphatic heterocycles. The Morgan fingerprint density at radius 3 is 2.28 bits per heavy atom. The third-order valence-electron chi connectivity index (χ3n) is 9.52. The lowest BCUT2D eigenvalue weighted by atomic mass is 10.1. The zero-order chi connectivity index (χ0) is 48.2. The van der Waals surface area contributed by atoms with E-state index in [2.05, 4.69) is 72.5 Å². The van der Waals surface area contributed by atoms with Crippen molar-refractivity contribution in [3.8, 4) is 5.75 Å². The summed E-state index contributed by atoms with van der Waals surface area (Å²) in [6, 6.07) is 7.86. The number of aliphatic hydroxyl groups excluding tert-OH is 1. The topological polar surface area (TPSA) is 279 Å². The first-order valence-electron chi connectivity index (χ1n) is 21.9. The minimum Gasteiger partial charge on any atom is -0.496 e. The number of nitrogens with two attached hydrogens (primary N) is 2. The van der Waals surface area contributed by atoms with E-state index in [-0.39, 0.29) is 25.1 Å². The molecule has 0 spiro atoms. The number of aromatic nitrogens is 3. The third-order valence-corrected chi connectivity index (χ3v) is 10.9. The van der Waals surface area contributed by atoms with Crippen LogP contribution in [-0.4, -0.2) is 183 Å². The van der Waals surface area contributed by atoms with E-state index in [0.717, 1.165) is 106 Å². The lowest BCUT2D eigenvalue weighted by Crippen LogP contribution is -2.43. The van der Waals surface area contributed by atoms with E-state index in [1.54, 1.807) is 7.11 Å². The predicted octanol–water partition coefficient (Wildman–Crippen LogP) is 1.65. The Bertz CT molecular complexity index is 1780. The first-order valence-corrected chi connectivity index (χ1v) is 22.9. The van der Waals surface area contributed by atoms with Crippen LogP contribution in [0.4, 0.5) is 11.8 Å². The lowest BCUT2D eigenvalue weighted by molar-refractivity contribution is -0.138. The number of likely N-dealkylation sites (N-methyl/N-ethyl adjacent to an activating group) is 2. The number of carboxylic acid groups (broad SMARTS) is 1. The van der Waals surface area contributed by atoms with Gasteiger partial charge in [-0.25, -0.2) is 4.98 Å². The lowest BCUT2D eigenvalue weighted by Gasteiger charge is -2.32. The summed E-state index contributed by atoms with van der Waals surface area (Å²) in [5.41, 5.74) is 15.6. The molecule has 20 nitrogen and oxygen atoms in total. The van der Waals surface area contributed by atoms with Gasteiger partial charge in [-0.05, 0) is 38.2 Å². The molecule has 0 radical (unpaired) electrons. The van der Waals surface area contributed by atoms with Crippen LogP contribution in [0.1, 0.15) is 56.6 Å². The smallest absolute Gasteiger partial charge is 0.305 e. The Morgan fingerprint density at radius 2 is 1.65 bits per heavy atom. The number of methoxy groups -OCH3 is 1. The van der Waals surface area contributed by atoms with E-state index < -0.39 is 23.2 Å². The van der Waals surface area contributed by atoms with Crippen molar-refractivity contribution in [2.45, 2.75) is 69.8 Å². The van der Waals surface area contributed by atoms with Crippen molar-refractivity contribution in [1.29, 1.82) is 0 Å². The Hall–Kier alpha value is -4.74. The van der Waals surface area contributed by atoms with Crippen LogP contribution in [0, 0.1) is 0 Å². The minimum absolute atomic E-state index is 0.165. The molecular weight excluding hydrogens is 861 g/mol. The second-order valence-electron chi connectivity index (χ2n) is 14.7. The summed E-state index contributed by atoms with van der Waals surface area (Å²) in [6.45, 7) is 12.5. The van der Waals surface area contributed by atoms with Crippen LogP contribution in [-0.2, 0) is 46.5 Å². The van der Waals surface area contributed by atoms with E-state index in [9.17, 15) is 24.0 Å². The largest absolute Gasteiger partial charge is 0.496 e. The number of ether oxygens (including phenoxy) is 3. The van der Waals surface area contributed by atoms with Gasteiger partial charge in [-0.2, -0.15) is 4.98 Å². The van der Waals surface area contributed by atoms with Gasteiger partial charge in [-0.3, -0.25) is 14.5 Å². The van der Waals surface area contributed by atoms with E-state index in [1.165, 1.54) is 18.4 Å². The number of fused-ring (bicyclic) bond motifs is 1. The standard InChI is InChI=1S/C25H37N7O.C10H16N2O5S.C8H17NO3.CH4O/c1-4-5-6-10-27-24-23-21(28-25(26)29-24)9-11-32(23)18-20-8-7-19(16-22(20)33-3)17-31-14-12-30(2)13-15-31;11-7(5-14)6-18-8(4-9(15)16)10(17)12-2-1-3-13;1-9-3-6-12-8-7-11-5-2-4-10;1-2/h7-9,11,16H,4-6,10,12-15,17-18H2,1-3H3,(H3,26,27,28,29);3,5,7-8H,1-2,4,6,11H2,(H,12,17)(H,15,16);4,9H,2-3,5-8H2,1H3;2H,1H3. The average molecular weight is 935 g/mol. The van der Waals surface area contributed by atoms with Crippen molar-refractivity contribution in [3.05, 3.63) is 41.6 Å². The van der Waals surface area contributed by atoms with Gasteiger partial charge < -0.3 is 75.7 Å². The van der Waals surface area contributed by atoms with Gasteiger partial charge in [0.1, 0.15) is 30.1 Å². The number of aliphatic carboxylic acids is 1. The van der Waals surface area contributed by atoms with Crippen LogP contribution in [0.15, 0.2) is 30.5 Å². The number of unbranched alkanes of at least 4 members (excludes halogenated alkanes) is 2. The first-order chi connectivity index (χ1) is 31.5. The molecule has 1 aromatic carbocycles. The highest BCUT2D eigenvalue weighted by Gasteiger charge is 2.23. The number of piperazine rings is 1. The van der Waals surface area contributed by atoms with Crippen molar-refractivity contribution in [2.75, 3.05) is 117 Å². The van der Waals surface area contributed by atoms with Crippen LogP contribution in [0.25, 0.3) is 11.0 Å². The van der Waals surface area contributed by atoms with Crippen LogP contribution in [0.5, 0.6) is 5.75 Å². The number of hydrogen-bond donors (Lipinski definition) is 7. The van der Waals surface area contributed by atoms with Crippen LogP contribution >= 0.6 is 11.8 Å². The number of carbonyl (C=O) groups excluding carboxylic acids is 4. The van der Waals surface area contributed by atoms with E-state index in [4.69, 9.17) is 35.9 Å². The van der Waals surface area contributed by atoms with Gasteiger partial charge in [0.15, 0.2) is 5.82 Å². The first kappa shape index (κ1) is 58.3. The molecule has 3 heterocycles. The molecule has 366 valence electrons. The van der Waals surface area contributed by atoms with Gasteiger partial charge in [0.2, 0.25) is 11.9 Å². The number of amides is 1. The molecule has 2 unspecified atom stereocenters. The average Bonchev–Trinajstić information content (AvgIpc) is 3.71. The number of thioether (sulfide) groups is 1. The molecule has 21 heteroatoms. The normalized spacial score (nSPS) is 13.4. The summed E-state index contributed by atoms with van der Waals surface area (Å²) in [5.74, 6) is 0.591. The van der Waals surface area contributed by atoms with Crippen molar-refractivity contribution in [2.24, 2.45) is 5.73 Å². The third kappa shape index (κ3) is 24.9. The van der Waals surface area contributed by atoms with Crippen molar-refractivity contribution >= 4 is 65.3 Å². The number of carbonyl (C=O) groups is 5. The molecule has 1 aliphatic rings. The Morgan fingerprint density at radius 1 is 0.938 bits per heavy atom. The van der Waals surface area contributed by atoms with Gasteiger partial charge in [0.25, 0.3) is 0 Å². The molecule has 2 aromatic heterocycles. The van der Waals surface area contributed by atoms with Gasteiger partial charge in [0.05, 0.1) is 63.3 Å². The SMILES string of the molecule is CCCCCNc1nc(N)nc2ccn(Cc3ccc(CN4CCN(C)CC4)cc3OC)c12.CNCCOCCOCCC=O.CO.NC(C=O)CSC(CC(=O)O)C(=O)NCCC=O. The van der Waals surface area contributed by atoms with Crippen molar-refractivity contribution in [3.63, 3.8) is 0 Å². The van der Waals surface area contributed by atoms with E-state index >= 15 is 0 Å². The highest BCUT2D eigenvalue weighted by Crippen LogP contribution is 2.27. The Labute approximate surface area is 387 Å². The van der Waals surface area contributed by atoms with E-state index in [0.29, 0.717) is 57.9 Å². The molecule has 0 aliphatic carbocycles. The summed E-state index contributed by atoms with van der Waals surface area (Å²) < 4.78 is 18.2. The number of hydrogen-bond acceptors (Lipinski definition) is 18. The molecule has 1 fully saturated rings. The number of nitrogen functional groups attached to an aromatic ring is 1. The fourth-order valence-corrected chi connectivity index (χ4v) is 7.10. The summed E-state index contributed by atoms with van der Waals surface area (Å²) in [5, 5.41) is 23.7. The monoisotopic (exact) mass is 935 g/mol. The number of nitrogens with one attached hydrogen (secondary N) is 3. The molecule has 3 aromatic rings. The number of nitrogens with zero attached hydrogens (tertiary/aromatic N) is 5. The van der Waals surface area contributed by atoms with Crippen LogP contribution < -0.4 is 32.2 Å². The molecule has 2 atom stereocenters. The molecule has 65 heavy (non-hydrogen) atoms. The Kier molecular flexibility index (Phi) is 32.7. The Balaban J connectivity index is 0.000000556. The van der Waals surface area contributed by atoms with E-state index in [1.807, 2.05) is 19.3 Å².